The molecule has 1 N–H and O–H groups in total. The van der Waals surface area contributed by atoms with E-state index in [1.165, 1.54) is 5.56 Å². The second kappa shape index (κ2) is 6.98. The quantitative estimate of drug-likeness (QED) is 0.894. The molecule has 2 aromatic rings. The number of fused-ring (bicyclic) bond motifs is 1. The van der Waals surface area contributed by atoms with Crippen LogP contribution in [0, 0.1) is 0 Å². The van der Waals surface area contributed by atoms with Crippen LogP contribution in [0.2, 0.25) is 0 Å². The molecule has 6 nitrogen and oxygen atoms in total. The number of nitrogens with zero attached hydrogens (tertiary/aromatic N) is 2. The fraction of sp³-hybridized carbons (Fsp3) is 0.421. The van der Waals surface area contributed by atoms with Crippen LogP contribution in [0.5, 0.6) is 0 Å². The summed E-state index contributed by atoms with van der Waals surface area (Å²) in [6, 6.07) is 7.82. The Hall–Kier alpha value is -1.96. The number of imidazole rings is 1. The number of ether oxygens (including phenoxy) is 1. The fourth-order valence-corrected chi connectivity index (χ4v) is 5.16. The molecule has 1 aliphatic heterocycles. The van der Waals surface area contributed by atoms with Gasteiger partial charge in [0.15, 0.2) is 0 Å². The monoisotopic (exact) mass is 373 g/mol. The lowest BCUT2D eigenvalue weighted by atomic mass is 9.98. The normalized spacial score (nSPS) is 23.3. The van der Waals surface area contributed by atoms with E-state index in [0.29, 0.717) is 30.8 Å². The van der Waals surface area contributed by atoms with E-state index in [2.05, 4.69) is 15.8 Å². The number of rotatable bonds is 4. The molecule has 0 spiro atoms. The summed E-state index contributed by atoms with van der Waals surface area (Å²) in [6.07, 6.45) is 7.78. The van der Waals surface area contributed by atoms with Crippen molar-refractivity contribution in [3.8, 4) is 0 Å². The van der Waals surface area contributed by atoms with Crippen LogP contribution < -0.4 is 4.72 Å². The van der Waals surface area contributed by atoms with Crippen molar-refractivity contribution >= 4 is 16.1 Å². The molecule has 1 saturated heterocycles. The fourth-order valence-electron chi connectivity index (χ4n) is 3.70. The molecule has 0 bridgehead atoms. The van der Waals surface area contributed by atoms with Crippen molar-refractivity contribution in [3.63, 3.8) is 0 Å². The Balaban J connectivity index is 1.50. The van der Waals surface area contributed by atoms with Crippen molar-refractivity contribution in [2.45, 2.75) is 37.8 Å². The van der Waals surface area contributed by atoms with Gasteiger partial charge in [0.05, 0.1) is 23.1 Å². The Bertz CT molecular complexity index is 933. The average Bonchev–Trinajstić information content (AvgIpc) is 3.07. The minimum Gasteiger partial charge on any atom is -0.372 e. The number of nitrogens with one attached hydrogen (secondary N) is 1. The summed E-state index contributed by atoms with van der Waals surface area (Å²) >= 11 is 0. The lowest BCUT2D eigenvalue weighted by Gasteiger charge is -2.30. The standard InChI is InChI=1S/C19H23N3O3S/c1-22-13-20-12-18(22)19-11-16(8-9-25-19)21-26(23,24)17-7-6-14-4-2-3-5-15(14)10-17/h2-5,10,12-13,16,19,21H,6-9,11H2,1H3. The molecule has 1 aliphatic carbocycles. The molecule has 1 aromatic carbocycles. The number of benzene rings is 1. The minimum atomic E-state index is -3.49. The van der Waals surface area contributed by atoms with Crippen molar-refractivity contribution in [1.29, 1.82) is 0 Å². The van der Waals surface area contributed by atoms with Gasteiger partial charge in [0.1, 0.15) is 6.10 Å². The van der Waals surface area contributed by atoms with Crippen LogP contribution in [-0.4, -0.2) is 30.6 Å². The number of hydrogen-bond acceptors (Lipinski definition) is 4. The van der Waals surface area contributed by atoms with E-state index in [9.17, 15) is 8.42 Å². The second-order valence-corrected chi connectivity index (χ2v) is 8.71. The van der Waals surface area contributed by atoms with E-state index < -0.39 is 10.0 Å². The Labute approximate surface area is 153 Å². The van der Waals surface area contributed by atoms with Gasteiger partial charge in [-0.1, -0.05) is 24.3 Å². The van der Waals surface area contributed by atoms with Crippen molar-refractivity contribution in [3.05, 3.63) is 58.5 Å². The zero-order chi connectivity index (χ0) is 18.1. The smallest absolute Gasteiger partial charge is 0.236 e. The van der Waals surface area contributed by atoms with E-state index in [0.717, 1.165) is 17.7 Å². The Kier molecular flexibility index (Phi) is 4.69. The highest BCUT2D eigenvalue weighted by Gasteiger charge is 2.30. The molecule has 1 fully saturated rings. The Morgan fingerprint density at radius 2 is 2.12 bits per heavy atom. The predicted molar refractivity (Wildman–Crippen MR) is 99.7 cm³/mol. The van der Waals surface area contributed by atoms with E-state index in [-0.39, 0.29) is 12.1 Å². The maximum atomic E-state index is 12.9. The first-order chi connectivity index (χ1) is 12.5. The van der Waals surface area contributed by atoms with Crippen molar-refractivity contribution in [2.24, 2.45) is 7.05 Å². The third kappa shape index (κ3) is 3.47. The summed E-state index contributed by atoms with van der Waals surface area (Å²) in [5.41, 5.74) is 3.17. The van der Waals surface area contributed by atoms with Gasteiger partial charge in [-0.25, -0.2) is 18.1 Å². The van der Waals surface area contributed by atoms with Crippen LogP contribution in [0.3, 0.4) is 0 Å². The highest BCUT2D eigenvalue weighted by atomic mass is 32.2. The van der Waals surface area contributed by atoms with E-state index in [1.54, 1.807) is 18.6 Å². The summed E-state index contributed by atoms with van der Waals surface area (Å²) < 4.78 is 36.4. The lowest BCUT2D eigenvalue weighted by Crippen LogP contribution is -2.40. The highest BCUT2D eigenvalue weighted by molar-refractivity contribution is 7.93. The number of aryl methyl sites for hydroxylation is 2. The van der Waals surface area contributed by atoms with Crippen LogP contribution in [0.15, 0.2) is 41.7 Å². The van der Waals surface area contributed by atoms with Gasteiger partial charge in [-0.2, -0.15) is 0 Å². The van der Waals surface area contributed by atoms with Crippen molar-refractivity contribution < 1.29 is 13.2 Å². The molecule has 0 saturated carbocycles. The molecule has 7 heteroatoms. The SMILES string of the molecule is Cn1cncc1C1CC(NS(=O)(=O)C2=Cc3ccccc3CC2)CCO1. The summed E-state index contributed by atoms with van der Waals surface area (Å²) in [6.45, 7) is 0.533. The minimum absolute atomic E-state index is 0.133. The summed E-state index contributed by atoms with van der Waals surface area (Å²) in [4.78, 5) is 4.60. The molecule has 138 valence electrons. The Morgan fingerprint density at radius 1 is 1.27 bits per heavy atom. The van der Waals surface area contributed by atoms with Gasteiger partial charge in [0, 0.05) is 19.7 Å². The van der Waals surface area contributed by atoms with E-state index in [4.69, 9.17) is 4.74 Å². The van der Waals surface area contributed by atoms with E-state index in [1.807, 2.05) is 29.8 Å². The molecule has 4 rings (SSSR count). The molecule has 2 atom stereocenters. The number of aromatic nitrogens is 2. The molecule has 1 aromatic heterocycles. The van der Waals surface area contributed by atoms with Crippen molar-refractivity contribution in [2.75, 3.05) is 6.61 Å². The van der Waals surface area contributed by atoms with Gasteiger partial charge in [-0.05, 0) is 42.9 Å². The first kappa shape index (κ1) is 17.5. The average molecular weight is 373 g/mol. The van der Waals surface area contributed by atoms with Crippen molar-refractivity contribution in [1.82, 2.24) is 14.3 Å². The van der Waals surface area contributed by atoms with Gasteiger partial charge in [0.25, 0.3) is 0 Å². The molecular formula is C19H23N3O3S. The van der Waals surface area contributed by atoms with Gasteiger partial charge >= 0.3 is 0 Å². The number of sulfonamides is 1. The van der Waals surface area contributed by atoms with Gasteiger partial charge in [0.2, 0.25) is 10.0 Å². The zero-order valence-electron chi connectivity index (χ0n) is 14.8. The number of allylic oxidation sites excluding steroid dienone is 1. The maximum absolute atomic E-state index is 12.9. The maximum Gasteiger partial charge on any atom is 0.236 e. The van der Waals surface area contributed by atoms with Crippen LogP contribution in [0.25, 0.3) is 6.08 Å². The number of hydrogen-bond donors (Lipinski definition) is 1. The molecular weight excluding hydrogens is 350 g/mol. The first-order valence-electron chi connectivity index (χ1n) is 8.91. The predicted octanol–water partition coefficient (Wildman–Crippen LogP) is 2.55. The molecule has 0 amide bonds. The molecule has 2 aliphatic rings. The van der Waals surface area contributed by atoms with Crippen LogP contribution in [-0.2, 0) is 28.2 Å². The van der Waals surface area contributed by atoms with Crippen LogP contribution >= 0.6 is 0 Å². The summed E-state index contributed by atoms with van der Waals surface area (Å²) in [7, 11) is -1.57. The molecule has 26 heavy (non-hydrogen) atoms. The topological polar surface area (TPSA) is 73.2 Å². The summed E-state index contributed by atoms with van der Waals surface area (Å²) in [5, 5.41) is 0. The lowest BCUT2D eigenvalue weighted by molar-refractivity contribution is -0.0000110. The first-order valence-corrected chi connectivity index (χ1v) is 10.4. The van der Waals surface area contributed by atoms with Gasteiger partial charge in [-0.3, -0.25) is 0 Å². The van der Waals surface area contributed by atoms with E-state index >= 15 is 0 Å². The largest absolute Gasteiger partial charge is 0.372 e. The summed E-state index contributed by atoms with van der Waals surface area (Å²) in [5.74, 6) is 0. The highest BCUT2D eigenvalue weighted by Crippen LogP contribution is 2.30. The molecule has 2 heterocycles. The second-order valence-electron chi connectivity index (χ2n) is 6.94. The Morgan fingerprint density at radius 3 is 2.92 bits per heavy atom. The van der Waals surface area contributed by atoms with Gasteiger partial charge < -0.3 is 9.30 Å². The third-order valence-electron chi connectivity index (χ3n) is 5.15. The van der Waals surface area contributed by atoms with Gasteiger partial charge in [-0.15, -0.1) is 0 Å². The third-order valence-corrected chi connectivity index (χ3v) is 6.80. The van der Waals surface area contributed by atoms with Crippen LogP contribution in [0.1, 0.15) is 42.2 Å². The molecule has 2 unspecified atom stereocenters. The molecule has 0 radical (unpaired) electrons. The van der Waals surface area contributed by atoms with Crippen LogP contribution in [0.4, 0.5) is 0 Å². The zero-order valence-corrected chi connectivity index (χ0v) is 15.6.